The molecule has 1 aliphatic carbocycles. The Labute approximate surface area is 234 Å². The van der Waals surface area contributed by atoms with Crippen LogP contribution >= 0.6 is 0 Å². The Kier molecular flexibility index (Phi) is 9.92. The minimum atomic E-state index is -3.20. The molecule has 1 saturated heterocycles. The molecule has 1 aliphatic heterocycles. The molecular formula is C31H43N3O4S. The molecule has 2 fully saturated rings. The average Bonchev–Trinajstić information content (AvgIpc) is 3.22. The average molecular weight is 554 g/mol. The highest BCUT2D eigenvalue weighted by atomic mass is 32.2. The maximum absolute atomic E-state index is 12.9. The minimum Gasteiger partial charge on any atom is -0.493 e. The number of hydrogen-bond acceptors (Lipinski definition) is 6. The van der Waals surface area contributed by atoms with Gasteiger partial charge in [0.2, 0.25) is 10.0 Å². The third-order valence-corrected chi connectivity index (χ3v) is 10.6. The summed E-state index contributed by atoms with van der Waals surface area (Å²) in [6, 6.07) is 16.4. The van der Waals surface area contributed by atoms with Crippen molar-refractivity contribution in [2.24, 2.45) is 11.8 Å². The van der Waals surface area contributed by atoms with E-state index >= 15 is 0 Å². The highest BCUT2D eigenvalue weighted by Gasteiger charge is 2.46. The summed E-state index contributed by atoms with van der Waals surface area (Å²) in [5.41, 5.74) is 3.00. The van der Waals surface area contributed by atoms with Crippen LogP contribution in [0.15, 0.2) is 42.5 Å². The van der Waals surface area contributed by atoms with E-state index in [1.165, 1.54) is 5.56 Å². The van der Waals surface area contributed by atoms with Gasteiger partial charge in [-0.1, -0.05) is 31.5 Å². The number of fused-ring (bicyclic) bond motifs is 2. The number of sulfonamides is 1. The molecular weight excluding hydrogens is 510 g/mol. The third-order valence-electron chi connectivity index (χ3n) is 8.69. The monoisotopic (exact) mass is 553 g/mol. The first kappa shape index (κ1) is 29.4. The van der Waals surface area contributed by atoms with Gasteiger partial charge in [0, 0.05) is 32.1 Å². The van der Waals surface area contributed by atoms with Crippen LogP contribution in [0.3, 0.4) is 0 Å². The fourth-order valence-electron chi connectivity index (χ4n) is 6.63. The molecule has 2 aromatic carbocycles. The number of likely N-dealkylation sites (tertiary alicyclic amines) is 1. The zero-order valence-corrected chi connectivity index (χ0v) is 24.6. The molecule has 1 heterocycles. The van der Waals surface area contributed by atoms with Crippen molar-refractivity contribution in [2.45, 2.75) is 57.4 Å². The van der Waals surface area contributed by atoms with Gasteiger partial charge in [-0.05, 0) is 85.9 Å². The van der Waals surface area contributed by atoms with E-state index in [2.05, 4.69) is 35.2 Å². The Balaban J connectivity index is 1.43. The van der Waals surface area contributed by atoms with Crippen LogP contribution in [-0.2, 0) is 10.0 Å². The summed E-state index contributed by atoms with van der Waals surface area (Å²) in [6.45, 7) is 4.96. The first-order valence-electron chi connectivity index (χ1n) is 14.2. The van der Waals surface area contributed by atoms with Crippen molar-refractivity contribution in [1.82, 2.24) is 9.21 Å². The maximum atomic E-state index is 12.9. The lowest BCUT2D eigenvalue weighted by atomic mass is 9.86. The molecule has 0 aromatic heterocycles. The van der Waals surface area contributed by atoms with Crippen molar-refractivity contribution < 1.29 is 17.9 Å². The van der Waals surface area contributed by atoms with E-state index in [-0.39, 0.29) is 17.7 Å². The zero-order valence-electron chi connectivity index (χ0n) is 23.8. The standard InChI is InChI=1S/C31H43N3O4S/c1-5-6-18-39(35,36)33(2)31-26-13-14-27(31)22-34(21-26)17-7-8-28(24-11-9-23(20-32)10-12-24)25-15-16-29(37-3)30(19-25)38-4/h9-12,15-16,19,26-28,31H,5-8,13-14,17-18,21-22H2,1-4H3. The molecule has 3 atom stereocenters. The predicted molar refractivity (Wildman–Crippen MR) is 155 cm³/mol. The van der Waals surface area contributed by atoms with E-state index in [0.29, 0.717) is 28.9 Å². The van der Waals surface area contributed by atoms with Gasteiger partial charge in [-0.2, -0.15) is 5.26 Å². The largest absolute Gasteiger partial charge is 0.493 e. The molecule has 212 valence electrons. The van der Waals surface area contributed by atoms with E-state index in [9.17, 15) is 13.7 Å². The van der Waals surface area contributed by atoms with E-state index < -0.39 is 10.0 Å². The highest BCUT2D eigenvalue weighted by molar-refractivity contribution is 7.89. The predicted octanol–water partition coefficient (Wildman–Crippen LogP) is 5.26. The van der Waals surface area contributed by atoms with Crippen molar-refractivity contribution in [3.8, 4) is 17.6 Å². The number of methoxy groups -OCH3 is 2. The molecule has 2 aliphatic rings. The molecule has 4 rings (SSSR count). The number of ether oxygens (including phenoxy) is 2. The van der Waals surface area contributed by atoms with Gasteiger partial charge in [0.15, 0.2) is 11.5 Å². The second-order valence-corrected chi connectivity index (χ2v) is 13.2. The topological polar surface area (TPSA) is 82.9 Å². The molecule has 0 amide bonds. The van der Waals surface area contributed by atoms with Gasteiger partial charge >= 0.3 is 0 Å². The molecule has 0 N–H and O–H groups in total. The number of unbranched alkanes of at least 4 members (excludes halogenated alkanes) is 1. The van der Waals surface area contributed by atoms with E-state index in [4.69, 9.17) is 9.47 Å². The fourth-order valence-corrected chi connectivity index (χ4v) is 8.28. The van der Waals surface area contributed by atoms with Crippen LogP contribution in [0.2, 0.25) is 0 Å². The molecule has 0 spiro atoms. The van der Waals surface area contributed by atoms with Crippen molar-refractivity contribution in [3.05, 3.63) is 59.2 Å². The first-order valence-corrected chi connectivity index (χ1v) is 15.8. The van der Waals surface area contributed by atoms with Crippen LogP contribution in [0.4, 0.5) is 0 Å². The second kappa shape index (κ2) is 13.2. The van der Waals surface area contributed by atoms with Gasteiger partial charge in [0.25, 0.3) is 0 Å². The number of nitriles is 1. The zero-order chi connectivity index (χ0) is 28.0. The number of piperidine rings is 1. The van der Waals surface area contributed by atoms with Crippen molar-refractivity contribution in [3.63, 3.8) is 0 Å². The SMILES string of the molecule is CCCCS(=O)(=O)N(C)C1C2CCC1CN(CCCC(c1ccc(C#N)cc1)c1ccc(OC)c(OC)c1)C2. The van der Waals surface area contributed by atoms with Crippen LogP contribution in [0.1, 0.15) is 68.1 Å². The molecule has 1 saturated carbocycles. The summed E-state index contributed by atoms with van der Waals surface area (Å²) >= 11 is 0. The minimum absolute atomic E-state index is 0.140. The van der Waals surface area contributed by atoms with Crippen LogP contribution in [-0.4, -0.2) is 70.3 Å². The molecule has 2 bridgehead atoms. The summed E-state index contributed by atoms with van der Waals surface area (Å²) < 4.78 is 38.6. The lowest BCUT2D eigenvalue weighted by molar-refractivity contribution is 0.0977. The van der Waals surface area contributed by atoms with Gasteiger partial charge < -0.3 is 14.4 Å². The molecule has 3 unspecified atom stereocenters. The third kappa shape index (κ3) is 6.77. The van der Waals surface area contributed by atoms with E-state index in [1.54, 1.807) is 18.5 Å². The number of benzene rings is 2. The van der Waals surface area contributed by atoms with Gasteiger partial charge in [-0.25, -0.2) is 12.7 Å². The maximum Gasteiger partial charge on any atom is 0.214 e. The smallest absolute Gasteiger partial charge is 0.214 e. The highest BCUT2D eigenvalue weighted by Crippen LogP contribution is 2.41. The number of nitrogens with zero attached hydrogens (tertiary/aromatic N) is 3. The quantitative estimate of drug-likeness (QED) is 0.337. The Hall–Kier alpha value is -2.60. The Morgan fingerprint density at radius 3 is 2.23 bits per heavy atom. The van der Waals surface area contributed by atoms with Crippen molar-refractivity contribution in [1.29, 1.82) is 5.26 Å². The molecule has 39 heavy (non-hydrogen) atoms. The Morgan fingerprint density at radius 1 is 1.00 bits per heavy atom. The van der Waals surface area contributed by atoms with Crippen LogP contribution in [0, 0.1) is 23.2 Å². The van der Waals surface area contributed by atoms with Crippen LogP contribution < -0.4 is 9.47 Å². The van der Waals surface area contributed by atoms with Crippen LogP contribution in [0.5, 0.6) is 11.5 Å². The second-order valence-electron chi connectivity index (χ2n) is 11.1. The molecule has 7 nitrogen and oxygen atoms in total. The summed E-state index contributed by atoms with van der Waals surface area (Å²) in [6.07, 6.45) is 5.82. The van der Waals surface area contributed by atoms with Gasteiger partial charge in [-0.3, -0.25) is 0 Å². The van der Waals surface area contributed by atoms with Crippen LogP contribution in [0.25, 0.3) is 0 Å². The summed E-state index contributed by atoms with van der Waals surface area (Å²) in [5, 5.41) is 9.26. The Bertz CT molecular complexity index is 1230. The van der Waals surface area contributed by atoms with Gasteiger partial charge in [0.05, 0.1) is 31.6 Å². The molecule has 2 aromatic rings. The molecule has 0 radical (unpaired) electrons. The van der Waals surface area contributed by atoms with Crippen molar-refractivity contribution in [2.75, 3.05) is 46.7 Å². The van der Waals surface area contributed by atoms with E-state index in [0.717, 1.165) is 63.7 Å². The lowest BCUT2D eigenvalue weighted by Gasteiger charge is -2.42. The summed E-state index contributed by atoms with van der Waals surface area (Å²) in [4.78, 5) is 2.55. The van der Waals surface area contributed by atoms with E-state index in [1.807, 2.05) is 32.2 Å². The number of hydrogen-bond donors (Lipinski definition) is 0. The van der Waals surface area contributed by atoms with Gasteiger partial charge in [0.1, 0.15) is 0 Å². The summed E-state index contributed by atoms with van der Waals surface area (Å²) in [7, 11) is 1.91. The lowest BCUT2D eigenvalue weighted by Crippen LogP contribution is -2.53. The molecule has 8 heteroatoms. The Morgan fingerprint density at radius 2 is 1.64 bits per heavy atom. The van der Waals surface area contributed by atoms with Crippen molar-refractivity contribution >= 4 is 10.0 Å². The summed E-state index contributed by atoms with van der Waals surface area (Å²) in [5.74, 6) is 2.66. The number of rotatable bonds is 13. The first-order chi connectivity index (χ1) is 18.8. The fraction of sp³-hybridized carbons (Fsp3) is 0.581. The van der Waals surface area contributed by atoms with Gasteiger partial charge in [-0.15, -0.1) is 0 Å². The normalized spacial score (nSPS) is 22.0.